The summed E-state index contributed by atoms with van der Waals surface area (Å²) in [4.78, 5) is 2.24. The molecule has 1 heteroatoms. The van der Waals surface area contributed by atoms with Gasteiger partial charge in [0.05, 0.1) is 0 Å². The molecule has 0 aliphatic heterocycles. The van der Waals surface area contributed by atoms with Crippen molar-refractivity contribution in [3.05, 3.63) is 35.4 Å². The highest BCUT2D eigenvalue weighted by Gasteiger charge is 2.04. The van der Waals surface area contributed by atoms with Crippen LogP contribution in [0.3, 0.4) is 0 Å². The molecule has 0 fully saturated rings. The van der Waals surface area contributed by atoms with Crippen LogP contribution in [0.4, 0.5) is 0 Å². The van der Waals surface area contributed by atoms with Crippen LogP contribution in [0.2, 0.25) is 0 Å². The molecule has 0 bridgehead atoms. The third-order valence-electron chi connectivity index (χ3n) is 2.66. The second-order valence-corrected chi connectivity index (χ2v) is 4.40. The SMILES string of the molecule is CC.Cc1ccc(C(C)CCN(C)C)cc1. The molecule has 1 aromatic carbocycles. The minimum Gasteiger partial charge on any atom is -0.309 e. The molecule has 0 aliphatic rings. The minimum atomic E-state index is 0.665. The maximum atomic E-state index is 2.30. The highest BCUT2D eigenvalue weighted by atomic mass is 15.0. The third kappa shape index (κ3) is 5.92. The van der Waals surface area contributed by atoms with Crippen LogP contribution in [0.25, 0.3) is 0 Å². The number of hydrogen-bond acceptors (Lipinski definition) is 1. The molecule has 1 rings (SSSR count). The van der Waals surface area contributed by atoms with Gasteiger partial charge >= 0.3 is 0 Å². The average molecular weight is 221 g/mol. The zero-order valence-corrected chi connectivity index (χ0v) is 11.7. The summed E-state index contributed by atoms with van der Waals surface area (Å²) in [5.74, 6) is 0.665. The van der Waals surface area contributed by atoms with E-state index in [9.17, 15) is 0 Å². The van der Waals surface area contributed by atoms with Crippen molar-refractivity contribution in [2.75, 3.05) is 20.6 Å². The maximum Gasteiger partial charge on any atom is -0.00191 e. The van der Waals surface area contributed by atoms with Crippen molar-refractivity contribution in [1.29, 1.82) is 0 Å². The van der Waals surface area contributed by atoms with Crippen molar-refractivity contribution in [3.8, 4) is 0 Å². The Morgan fingerprint density at radius 2 is 1.56 bits per heavy atom. The van der Waals surface area contributed by atoms with Crippen molar-refractivity contribution >= 4 is 0 Å². The molecule has 0 aliphatic carbocycles. The summed E-state index contributed by atoms with van der Waals surface area (Å²) in [7, 11) is 4.25. The Hall–Kier alpha value is -0.820. The van der Waals surface area contributed by atoms with Crippen LogP contribution in [0, 0.1) is 6.92 Å². The van der Waals surface area contributed by atoms with Gasteiger partial charge in [-0.15, -0.1) is 0 Å². The lowest BCUT2D eigenvalue weighted by Gasteiger charge is -2.15. The van der Waals surface area contributed by atoms with Gasteiger partial charge in [-0.2, -0.15) is 0 Å². The van der Waals surface area contributed by atoms with E-state index in [-0.39, 0.29) is 0 Å². The Morgan fingerprint density at radius 3 is 2.00 bits per heavy atom. The lowest BCUT2D eigenvalue weighted by atomic mass is 9.97. The minimum absolute atomic E-state index is 0.665. The summed E-state index contributed by atoms with van der Waals surface area (Å²) in [6.07, 6.45) is 1.23. The first-order valence-corrected chi connectivity index (χ1v) is 6.31. The Kier molecular flexibility index (Phi) is 7.92. The summed E-state index contributed by atoms with van der Waals surface area (Å²) in [5.41, 5.74) is 2.80. The Labute approximate surface area is 101 Å². The van der Waals surface area contributed by atoms with E-state index in [1.165, 1.54) is 17.5 Å². The summed E-state index contributed by atoms with van der Waals surface area (Å²) in [5, 5.41) is 0. The van der Waals surface area contributed by atoms with Crippen molar-refractivity contribution in [3.63, 3.8) is 0 Å². The van der Waals surface area contributed by atoms with E-state index in [2.05, 4.69) is 57.1 Å². The molecule has 1 atom stereocenters. The Balaban J connectivity index is 0.00000106. The van der Waals surface area contributed by atoms with Gasteiger partial charge in [-0.05, 0) is 45.5 Å². The molecular formula is C15H27N. The molecule has 0 aromatic heterocycles. The molecular weight excluding hydrogens is 194 g/mol. The van der Waals surface area contributed by atoms with Crippen LogP contribution in [0.1, 0.15) is 44.2 Å². The predicted octanol–water partition coefficient (Wildman–Crippen LogP) is 4.08. The standard InChI is InChI=1S/C13H21N.C2H6/c1-11-5-7-13(8-6-11)12(2)9-10-14(3)4;1-2/h5-8,12H,9-10H2,1-4H3;1-2H3. The largest absolute Gasteiger partial charge is 0.309 e. The Bertz CT molecular complexity index is 261. The van der Waals surface area contributed by atoms with Crippen LogP contribution < -0.4 is 0 Å². The molecule has 1 unspecified atom stereocenters. The molecule has 0 saturated carbocycles. The normalized spacial score (nSPS) is 11.9. The molecule has 0 N–H and O–H groups in total. The Morgan fingerprint density at radius 1 is 1.06 bits per heavy atom. The van der Waals surface area contributed by atoms with E-state index in [1.54, 1.807) is 0 Å². The van der Waals surface area contributed by atoms with E-state index < -0.39 is 0 Å². The van der Waals surface area contributed by atoms with Crippen LogP contribution >= 0.6 is 0 Å². The molecule has 1 nitrogen and oxygen atoms in total. The molecule has 0 radical (unpaired) electrons. The summed E-state index contributed by atoms with van der Waals surface area (Å²) in [6, 6.07) is 8.88. The first kappa shape index (κ1) is 15.2. The topological polar surface area (TPSA) is 3.24 Å². The van der Waals surface area contributed by atoms with Crippen LogP contribution in [0.15, 0.2) is 24.3 Å². The molecule has 16 heavy (non-hydrogen) atoms. The van der Waals surface area contributed by atoms with Crippen LogP contribution in [0.5, 0.6) is 0 Å². The van der Waals surface area contributed by atoms with E-state index in [4.69, 9.17) is 0 Å². The fourth-order valence-electron chi connectivity index (χ4n) is 1.51. The average Bonchev–Trinajstić information content (AvgIpc) is 2.29. The lowest BCUT2D eigenvalue weighted by Crippen LogP contribution is -2.14. The molecule has 92 valence electrons. The van der Waals surface area contributed by atoms with Crippen molar-refractivity contribution in [2.24, 2.45) is 0 Å². The van der Waals surface area contributed by atoms with Crippen LogP contribution in [-0.2, 0) is 0 Å². The van der Waals surface area contributed by atoms with Gasteiger partial charge in [0, 0.05) is 0 Å². The number of rotatable bonds is 4. The number of nitrogens with zero attached hydrogens (tertiary/aromatic N) is 1. The van der Waals surface area contributed by atoms with Gasteiger partial charge in [0.25, 0.3) is 0 Å². The van der Waals surface area contributed by atoms with E-state index in [0.717, 1.165) is 6.54 Å². The molecule has 0 heterocycles. The molecule has 0 amide bonds. The number of hydrogen-bond donors (Lipinski definition) is 0. The highest BCUT2D eigenvalue weighted by molar-refractivity contribution is 5.23. The zero-order chi connectivity index (χ0) is 12.6. The van der Waals surface area contributed by atoms with Gasteiger partial charge in [0.15, 0.2) is 0 Å². The maximum absolute atomic E-state index is 2.30. The number of benzene rings is 1. The summed E-state index contributed by atoms with van der Waals surface area (Å²) in [6.45, 7) is 9.59. The second kappa shape index (κ2) is 8.35. The monoisotopic (exact) mass is 221 g/mol. The molecule has 1 aromatic rings. The van der Waals surface area contributed by atoms with Gasteiger partial charge in [0.1, 0.15) is 0 Å². The zero-order valence-electron chi connectivity index (χ0n) is 11.7. The lowest BCUT2D eigenvalue weighted by molar-refractivity contribution is 0.386. The van der Waals surface area contributed by atoms with E-state index in [0.29, 0.717) is 5.92 Å². The van der Waals surface area contributed by atoms with Crippen molar-refractivity contribution in [1.82, 2.24) is 4.90 Å². The first-order valence-electron chi connectivity index (χ1n) is 6.31. The van der Waals surface area contributed by atoms with Gasteiger partial charge < -0.3 is 4.90 Å². The van der Waals surface area contributed by atoms with Gasteiger partial charge in [0.2, 0.25) is 0 Å². The molecule has 0 spiro atoms. The fourth-order valence-corrected chi connectivity index (χ4v) is 1.51. The van der Waals surface area contributed by atoms with Crippen molar-refractivity contribution in [2.45, 2.75) is 40.0 Å². The van der Waals surface area contributed by atoms with E-state index >= 15 is 0 Å². The smallest absolute Gasteiger partial charge is 0.00191 e. The first-order chi connectivity index (χ1) is 7.59. The van der Waals surface area contributed by atoms with Crippen LogP contribution in [-0.4, -0.2) is 25.5 Å². The third-order valence-corrected chi connectivity index (χ3v) is 2.66. The number of aryl methyl sites for hydroxylation is 1. The predicted molar refractivity (Wildman–Crippen MR) is 74.1 cm³/mol. The molecule has 0 saturated heterocycles. The van der Waals surface area contributed by atoms with Gasteiger partial charge in [-0.25, -0.2) is 0 Å². The summed E-state index contributed by atoms with van der Waals surface area (Å²) >= 11 is 0. The fraction of sp³-hybridized carbons (Fsp3) is 0.600. The second-order valence-electron chi connectivity index (χ2n) is 4.40. The quantitative estimate of drug-likeness (QED) is 0.740. The van der Waals surface area contributed by atoms with Gasteiger partial charge in [-0.1, -0.05) is 50.6 Å². The van der Waals surface area contributed by atoms with Crippen molar-refractivity contribution < 1.29 is 0 Å². The summed E-state index contributed by atoms with van der Waals surface area (Å²) < 4.78 is 0. The highest BCUT2D eigenvalue weighted by Crippen LogP contribution is 2.19. The van der Waals surface area contributed by atoms with E-state index in [1.807, 2.05) is 13.8 Å². The van der Waals surface area contributed by atoms with Gasteiger partial charge in [-0.3, -0.25) is 0 Å².